The van der Waals surface area contributed by atoms with E-state index in [-0.39, 0.29) is 0 Å². The van der Waals surface area contributed by atoms with Crippen LogP contribution in [0.1, 0.15) is 34.7 Å². The first-order valence-electron chi connectivity index (χ1n) is 15.9. The summed E-state index contributed by atoms with van der Waals surface area (Å²) in [5.41, 5.74) is 13.7. The lowest BCUT2D eigenvalue weighted by molar-refractivity contribution is 0.754. The van der Waals surface area contributed by atoms with Crippen molar-refractivity contribution in [2.75, 3.05) is 4.90 Å². The molecule has 1 saturated carbocycles. The third-order valence-electron chi connectivity index (χ3n) is 10.5. The van der Waals surface area contributed by atoms with Gasteiger partial charge in [0.25, 0.3) is 0 Å². The highest BCUT2D eigenvalue weighted by molar-refractivity contribution is 5.94. The summed E-state index contributed by atoms with van der Waals surface area (Å²) in [6.07, 6.45) is 11.1. The van der Waals surface area contributed by atoms with E-state index in [1.165, 1.54) is 72.3 Å². The minimum absolute atomic E-state index is 0.307. The molecule has 4 unspecified atom stereocenters. The van der Waals surface area contributed by atoms with E-state index >= 15 is 0 Å². The largest absolute Gasteiger partial charge is 0.334 e. The monoisotopic (exact) mass is 564 g/mol. The zero-order chi connectivity index (χ0) is 28.9. The first kappa shape index (κ1) is 24.4. The average Bonchev–Trinajstić information content (AvgIpc) is 3.71. The predicted octanol–water partition coefficient (Wildman–Crippen LogP) is 10.4. The highest BCUT2D eigenvalue weighted by Gasteiger charge is 2.55. The van der Waals surface area contributed by atoms with Crippen molar-refractivity contribution >= 4 is 44.7 Å². The number of anilines is 2. The number of hydrogen-bond acceptors (Lipinski definition) is 1. The predicted molar refractivity (Wildman–Crippen MR) is 184 cm³/mol. The second-order valence-electron chi connectivity index (χ2n) is 13.0. The van der Waals surface area contributed by atoms with Crippen molar-refractivity contribution in [3.05, 3.63) is 161 Å². The molecule has 0 saturated heterocycles. The van der Waals surface area contributed by atoms with Gasteiger partial charge in [-0.2, -0.15) is 0 Å². The van der Waals surface area contributed by atoms with Crippen LogP contribution in [0.15, 0.2) is 139 Å². The van der Waals surface area contributed by atoms with Gasteiger partial charge in [0, 0.05) is 33.9 Å². The Bertz CT molecular complexity index is 2240. The molecule has 1 aromatic heterocycles. The SMILES string of the molecule is Cc1ccc(-n2c3c(c4ccccc42)C2C(C=C3)C2C2=CC3CC(=C2)c2ccccc2N3c2ccc3ccccc3c2)cc1. The zero-order valence-electron chi connectivity index (χ0n) is 24.7. The Morgan fingerprint density at radius 3 is 2.39 bits per heavy atom. The van der Waals surface area contributed by atoms with Gasteiger partial charge in [-0.3, -0.25) is 0 Å². The lowest BCUT2D eigenvalue weighted by Gasteiger charge is -2.41. The van der Waals surface area contributed by atoms with Crippen molar-refractivity contribution in [3.8, 4) is 5.69 Å². The van der Waals surface area contributed by atoms with E-state index in [9.17, 15) is 0 Å². The van der Waals surface area contributed by atoms with Crippen LogP contribution < -0.4 is 4.90 Å². The van der Waals surface area contributed by atoms with E-state index < -0.39 is 0 Å². The molecule has 6 aromatic rings. The van der Waals surface area contributed by atoms with Crippen molar-refractivity contribution in [2.24, 2.45) is 11.8 Å². The van der Waals surface area contributed by atoms with Gasteiger partial charge in [0.05, 0.1) is 17.3 Å². The van der Waals surface area contributed by atoms with Gasteiger partial charge in [0.15, 0.2) is 0 Å². The maximum absolute atomic E-state index is 2.60. The molecule has 0 spiro atoms. The third kappa shape index (κ3) is 3.43. The third-order valence-corrected chi connectivity index (χ3v) is 10.5. The van der Waals surface area contributed by atoms with Gasteiger partial charge in [0.1, 0.15) is 0 Å². The highest BCUT2D eigenvalue weighted by atomic mass is 15.2. The number of aryl methyl sites for hydroxylation is 1. The van der Waals surface area contributed by atoms with E-state index in [0.717, 1.165) is 6.42 Å². The van der Waals surface area contributed by atoms with Crippen LogP contribution in [0.2, 0.25) is 0 Å². The average molecular weight is 565 g/mol. The fourth-order valence-corrected chi connectivity index (χ4v) is 8.52. The Morgan fingerprint density at radius 1 is 0.705 bits per heavy atom. The smallest absolute Gasteiger partial charge is 0.0568 e. The molecule has 3 aliphatic carbocycles. The molecule has 0 amide bonds. The van der Waals surface area contributed by atoms with Gasteiger partial charge in [-0.25, -0.2) is 0 Å². The topological polar surface area (TPSA) is 8.17 Å². The standard InChI is InChI=1S/C42H32N2/c1-26-14-17-31(18-15-26)44-38-13-7-5-11-35(38)41-39(44)21-20-36-40(42(36)41)30-22-29-24-33(25-30)43(37-12-6-4-10-34(29)37)32-19-16-27-8-2-3-9-28(27)23-32/h2-23,25,33,36,40,42H,24H2,1H3. The molecule has 2 heterocycles. The minimum atomic E-state index is 0.307. The van der Waals surface area contributed by atoms with E-state index in [2.05, 4.69) is 156 Å². The summed E-state index contributed by atoms with van der Waals surface area (Å²) in [5, 5.41) is 3.98. The first-order chi connectivity index (χ1) is 21.7. The van der Waals surface area contributed by atoms with Gasteiger partial charge in [0.2, 0.25) is 0 Å². The van der Waals surface area contributed by atoms with Crippen molar-refractivity contribution < 1.29 is 0 Å². The molecule has 4 atom stereocenters. The van der Waals surface area contributed by atoms with Gasteiger partial charge in [-0.05, 0) is 95.1 Å². The molecule has 2 bridgehead atoms. The van der Waals surface area contributed by atoms with Gasteiger partial charge >= 0.3 is 0 Å². The number of allylic oxidation sites excluding steroid dienone is 3. The quantitative estimate of drug-likeness (QED) is 0.208. The molecule has 44 heavy (non-hydrogen) atoms. The van der Waals surface area contributed by atoms with E-state index in [0.29, 0.717) is 23.8 Å². The lowest BCUT2D eigenvalue weighted by Crippen LogP contribution is -2.35. The van der Waals surface area contributed by atoms with E-state index in [1.807, 2.05) is 0 Å². The van der Waals surface area contributed by atoms with E-state index in [1.54, 1.807) is 0 Å². The molecule has 2 nitrogen and oxygen atoms in total. The number of para-hydroxylation sites is 2. The molecule has 4 aliphatic rings. The lowest BCUT2D eigenvalue weighted by atomic mass is 9.82. The Balaban J connectivity index is 1.09. The Hall–Kier alpha value is -5.08. The minimum Gasteiger partial charge on any atom is -0.334 e. The molecular weight excluding hydrogens is 532 g/mol. The summed E-state index contributed by atoms with van der Waals surface area (Å²) in [4.78, 5) is 2.59. The number of hydrogen-bond donors (Lipinski definition) is 0. The van der Waals surface area contributed by atoms with Crippen LogP contribution in [-0.2, 0) is 0 Å². The molecule has 10 rings (SSSR count). The van der Waals surface area contributed by atoms with Crippen LogP contribution in [0.3, 0.4) is 0 Å². The second-order valence-corrected chi connectivity index (χ2v) is 13.0. The van der Waals surface area contributed by atoms with Crippen LogP contribution in [0, 0.1) is 18.8 Å². The number of fused-ring (bicyclic) bond motifs is 10. The number of rotatable bonds is 3. The van der Waals surface area contributed by atoms with Gasteiger partial charge < -0.3 is 9.47 Å². The molecule has 0 N–H and O–H groups in total. The summed E-state index contributed by atoms with van der Waals surface area (Å²) in [6, 6.07) is 43.0. The molecule has 5 aromatic carbocycles. The van der Waals surface area contributed by atoms with Crippen molar-refractivity contribution in [1.82, 2.24) is 4.57 Å². The summed E-state index contributed by atoms with van der Waals surface area (Å²) in [6.45, 7) is 2.16. The maximum atomic E-state index is 2.60. The molecule has 0 radical (unpaired) electrons. The normalized spacial score (nSPS) is 22.7. The Labute approximate surface area is 257 Å². The van der Waals surface area contributed by atoms with Crippen LogP contribution in [-0.4, -0.2) is 10.6 Å². The van der Waals surface area contributed by atoms with Crippen LogP contribution in [0.25, 0.3) is 39.0 Å². The van der Waals surface area contributed by atoms with Crippen LogP contribution in [0.4, 0.5) is 11.4 Å². The van der Waals surface area contributed by atoms with Crippen molar-refractivity contribution in [1.29, 1.82) is 0 Å². The van der Waals surface area contributed by atoms with E-state index in [4.69, 9.17) is 0 Å². The van der Waals surface area contributed by atoms with Crippen molar-refractivity contribution in [3.63, 3.8) is 0 Å². The number of aromatic nitrogens is 1. The van der Waals surface area contributed by atoms with Gasteiger partial charge in [-0.1, -0.05) is 103 Å². The summed E-state index contributed by atoms with van der Waals surface area (Å²) >= 11 is 0. The van der Waals surface area contributed by atoms with Crippen LogP contribution >= 0.6 is 0 Å². The molecule has 1 aliphatic heterocycles. The summed E-state index contributed by atoms with van der Waals surface area (Å²) < 4.78 is 2.48. The molecule has 1 fully saturated rings. The summed E-state index contributed by atoms with van der Waals surface area (Å²) in [7, 11) is 0. The van der Waals surface area contributed by atoms with Crippen molar-refractivity contribution in [2.45, 2.75) is 25.3 Å². The van der Waals surface area contributed by atoms with Crippen LogP contribution in [0.5, 0.6) is 0 Å². The number of benzene rings is 5. The second kappa shape index (κ2) is 8.97. The highest BCUT2D eigenvalue weighted by Crippen LogP contribution is 2.64. The summed E-state index contributed by atoms with van der Waals surface area (Å²) in [5.74, 6) is 1.57. The molecular formula is C42H32N2. The zero-order valence-corrected chi connectivity index (χ0v) is 24.7. The fourth-order valence-electron chi connectivity index (χ4n) is 8.52. The maximum Gasteiger partial charge on any atom is 0.0568 e. The fraction of sp³-hybridized carbons (Fsp3) is 0.143. The first-order valence-corrected chi connectivity index (χ1v) is 15.9. The number of nitrogens with zero attached hydrogens (tertiary/aromatic N) is 2. The molecule has 2 heteroatoms. The Morgan fingerprint density at radius 2 is 1.48 bits per heavy atom. The van der Waals surface area contributed by atoms with Gasteiger partial charge in [-0.15, -0.1) is 0 Å². The Kier molecular flexibility index (Phi) is 4.97. The molecule has 210 valence electrons.